The Kier molecular flexibility index (Phi) is 8.33. The van der Waals surface area contributed by atoms with Crippen LogP contribution in [0.4, 0.5) is 0 Å². The first kappa shape index (κ1) is 17.1. The first-order valence-electron chi connectivity index (χ1n) is 5.61. The van der Waals surface area contributed by atoms with Crippen LogP contribution in [0.15, 0.2) is 29.2 Å². The monoisotopic (exact) mass is 266 g/mol. The fourth-order valence-electron chi connectivity index (χ4n) is 1.70. The molecule has 0 amide bonds. The third-order valence-corrected chi connectivity index (χ3v) is 3.50. The van der Waals surface area contributed by atoms with Crippen LogP contribution < -0.4 is 29.6 Å². The van der Waals surface area contributed by atoms with Gasteiger partial charge in [0.05, 0.1) is 4.90 Å². The van der Waals surface area contributed by atoms with E-state index in [0.29, 0.717) is 12.0 Å². The Balaban J connectivity index is 0. The molecule has 92 valence electrons. The summed E-state index contributed by atoms with van der Waals surface area (Å²) in [6.45, 7) is 2.13. The molecule has 1 N–H and O–H groups in total. The summed E-state index contributed by atoms with van der Waals surface area (Å²) in [6, 6.07) is 6.63. The minimum Gasteiger partial charge on any atom is -1.00 e. The van der Waals surface area contributed by atoms with Gasteiger partial charge in [-0.25, -0.2) is 0 Å². The van der Waals surface area contributed by atoms with Gasteiger partial charge in [-0.1, -0.05) is 44.4 Å². The standard InChI is InChI=1S/C12H18O3S.Na.H/c1-2-3-4-5-8-11-9-6-7-10-12(11)16(13,14)15;;/h6-7,9-10H,2-5,8H2,1H3,(H,13,14,15);;/q;+1;-1. The normalized spacial score (nSPS) is 10.9. The molecule has 0 saturated heterocycles. The molecule has 0 bridgehead atoms. The molecule has 0 aliphatic rings. The Morgan fingerprint density at radius 2 is 1.82 bits per heavy atom. The molecule has 0 heterocycles. The summed E-state index contributed by atoms with van der Waals surface area (Å²) in [7, 11) is -4.08. The van der Waals surface area contributed by atoms with Gasteiger partial charge < -0.3 is 1.43 Å². The summed E-state index contributed by atoms with van der Waals surface area (Å²) >= 11 is 0. The zero-order valence-electron chi connectivity index (χ0n) is 11.5. The van der Waals surface area contributed by atoms with Crippen LogP contribution in [0.2, 0.25) is 0 Å². The quantitative estimate of drug-likeness (QED) is 0.454. The summed E-state index contributed by atoms with van der Waals surface area (Å²) in [5.74, 6) is 0. The van der Waals surface area contributed by atoms with Gasteiger partial charge in [0, 0.05) is 0 Å². The minimum absolute atomic E-state index is 0. The maximum atomic E-state index is 11.1. The molecule has 0 aliphatic carbocycles. The minimum atomic E-state index is -4.08. The van der Waals surface area contributed by atoms with Crippen molar-refractivity contribution in [1.82, 2.24) is 0 Å². The third-order valence-electron chi connectivity index (χ3n) is 2.55. The summed E-state index contributed by atoms with van der Waals surface area (Å²) in [4.78, 5) is 0.0477. The summed E-state index contributed by atoms with van der Waals surface area (Å²) in [6.07, 6.45) is 5.07. The van der Waals surface area contributed by atoms with Gasteiger partial charge in [-0.15, -0.1) is 0 Å². The van der Waals surface area contributed by atoms with Crippen molar-refractivity contribution in [3.05, 3.63) is 29.8 Å². The van der Waals surface area contributed by atoms with E-state index in [2.05, 4.69) is 6.92 Å². The number of aryl methyl sites for hydroxylation is 1. The van der Waals surface area contributed by atoms with E-state index in [-0.39, 0.29) is 35.9 Å². The molecule has 0 atom stereocenters. The average molecular weight is 266 g/mol. The number of rotatable bonds is 6. The smallest absolute Gasteiger partial charge is 1.00 e. The summed E-state index contributed by atoms with van der Waals surface area (Å²) < 4.78 is 31.2. The van der Waals surface area contributed by atoms with Crippen molar-refractivity contribution >= 4 is 10.1 Å². The SMILES string of the molecule is CCCCCCc1ccccc1S(=O)(=O)O.[H-].[Na+]. The van der Waals surface area contributed by atoms with E-state index in [4.69, 9.17) is 4.55 Å². The number of unbranched alkanes of at least 4 members (excludes halogenated alkanes) is 3. The molecule has 0 saturated carbocycles. The number of hydrogen-bond donors (Lipinski definition) is 1. The molecule has 0 aromatic heterocycles. The van der Waals surface area contributed by atoms with Crippen molar-refractivity contribution in [2.45, 2.75) is 43.9 Å². The van der Waals surface area contributed by atoms with Crippen LogP contribution in [0.25, 0.3) is 0 Å². The first-order valence-corrected chi connectivity index (χ1v) is 7.05. The van der Waals surface area contributed by atoms with E-state index in [9.17, 15) is 8.42 Å². The van der Waals surface area contributed by atoms with Gasteiger partial charge in [-0.3, -0.25) is 4.55 Å². The van der Waals surface area contributed by atoms with Crippen molar-refractivity contribution in [1.29, 1.82) is 0 Å². The molecule has 1 aromatic rings. The molecule has 0 spiro atoms. The largest absolute Gasteiger partial charge is 1.00 e. The molecule has 1 rings (SSSR count). The number of hydrogen-bond acceptors (Lipinski definition) is 2. The van der Waals surface area contributed by atoms with E-state index in [1.54, 1.807) is 18.2 Å². The van der Waals surface area contributed by atoms with Gasteiger partial charge in [-0.05, 0) is 24.5 Å². The first-order chi connectivity index (χ1) is 7.55. The molecule has 3 nitrogen and oxygen atoms in total. The average Bonchev–Trinajstić information content (AvgIpc) is 2.24. The van der Waals surface area contributed by atoms with Crippen molar-refractivity contribution < 1.29 is 44.0 Å². The van der Waals surface area contributed by atoms with Crippen LogP contribution in [0.5, 0.6) is 0 Å². The predicted molar refractivity (Wildman–Crippen MR) is 65.2 cm³/mol. The molecule has 0 unspecified atom stereocenters. The van der Waals surface area contributed by atoms with Crippen LogP contribution in [0.1, 0.15) is 39.6 Å². The van der Waals surface area contributed by atoms with E-state index in [1.807, 2.05) is 0 Å². The van der Waals surface area contributed by atoms with E-state index >= 15 is 0 Å². The zero-order chi connectivity index (χ0) is 12.0. The van der Waals surface area contributed by atoms with Gasteiger partial charge in [-0.2, -0.15) is 8.42 Å². The van der Waals surface area contributed by atoms with Gasteiger partial charge in [0.15, 0.2) is 0 Å². The molecule has 0 fully saturated rings. The summed E-state index contributed by atoms with van der Waals surface area (Å²) in [5, 5.41) is 0. The van der Waals surface area contributed by atoms with E-state index < -0.39 is 10.1 Å². The molecule has 0 radical (unpaired) electrons. The predicted octanol–water partition coefficient (Wildman–Crippen LogP) is 0.173. The second-order valence-corrected chi connectivity index (χ2v) is 5.28. The van der Waals surface area contributed by atoms with E-state index in [0.717, 1.165) is 25.7 Å². The fourth-order valence-corrected chi connectivity index (χ4v) is 2.46. The maximum absolute atomic E-state index is 11.1. The van der Waals surface area contributed by atoms with Crippen molar-refractivity contribution in [3.8, 4) is 0 Å². The van der Waals surface area contributed by atoms with E-state index in [1.165, 1.54) is 6.07 Å². The van der Waals surface area contributed by atoms with Crippen LogP contribution in [-0.2, 0) is 16.5 Å². The van der Waals surface area contributed by atoms with Crippen molar-refractivity contribution in [2.24, 2.45) is 0 Å². The van der Waals surface area contributed by atoms with Gasteiger partial charge >= 0.3 is 29.6 Å². The molecule has 0 aliphatic heterocycles. The molecule has 5 heteroatoms. The van der Waals surface area contributed by atoms with Crippen LogP contribution >= 0.6 is 0 Å². The Morgan fingerprint density at radius 1 is 1.18 bits per heavy atom. The van der Waals surface area contributed by atoms with Crippen molar-refractivity contribution in [3.63, 3.8) is 0 Å². The fraction of sp³-hybridized carbons (Fsp3) is 0.500. The van der Waals surface area contributed by atoms with Gasteiger partial charge in [0.1, 0.15) is 0 Å². The van der Waals surface area contributed by atoms with Crippen LogP contribution in [-0.4, -0.2) is 13.0 Å². The molecule has 17 heavy (non-hydrogen) atoms. The molecular formula is C12H19NaO3S. The zero-order valence-corrected chi connectivity index (χ0v) is 13.3. The van der Waals surface area contributed by atoms with Crippen LogP contribution in [0, 0.1) is 0 Å². The Bertz CT molecular complexity index is 435. The second-order valence-electron chi connectivity index (χ2n) is 3.89. The Morgan fingerprint density at radius 3 is 2.41 bits per heavy atom. The Hall–Kier alpha value is 0.130. The Labute approximate surface area is 127 Å². The summed E-state index contributed by atoms with van der Waals surface area (Å²) in [5.41, 5.74) is 0.709. The molecule has 1 aromatic carbocycles. The number of benzene rings is 1. The van der Waals surface area contributed by atoms with Crippen LogP contribution in [0.3, 0.4) is 0 Å². The maximum Gasteiger partial charge on any atom is 1.00 e. The second kappa shape index (κ2) is 8.27. The molecular weight excluding hydrogens is 247 g/mol. The van der Waals surface area contributed by atoms with Gasteiger partial charge in [0.25, 0.3) is 10.1 Å². The third kappa shape index (κ3) is 6.02. The van der Waals surface area contributed by atoms with Gasteiger partial charge in [0.2, 0.25) is 0 Å². The van der Waals surface area contributed by atoms with Crippen molar-refractivity contribution in [2.75, 3.05) is 0 Å². The topological polar surface area (TPSA) is 54.4 Å².